The molecule has 2 N–H and O–H groups in total. The van der Waals surface area contributed by atoms with Crippen LogP contribution in [0.15, 0.2) is 23.3 Å². The number of aromatic nitrogens is 5. The second kappa shape index (κ2) is 7.63. The van der Waals surface area contributed by atoms with Gasteiger partial charge in [-0.1, -0.05) is 0 Å². The zero-order valence-corrected chi connectivity index (χ0v) is 16.6. The monoisotopic (exact) mass is 397 g/mol. The zero-order valence-electron chi connectivity index (χ0n) is 16.6. The number of ether oxygens (including phenoxy) is 1. The number of carbonyl (C=O) groups excluding carboxylic acids is 1. The molecule has 0 aromatic carbocycles. The Morgan fingerprint density at radius 2 is 2.00 bits per heavy atom. The molecule has 3 aromatic rings. The smallest absolute Gasteiger partial charge is 0.330 e. The maximum Gasteiger partial charge on any atom is 0.330 e. The highest BCUT2D eigenvalue weighted by Gasteiger charge is 2.23. The predicted octanol–water partition coefficient (Wildman–Crippen LogP) is 1.29. The lowest BCUT2D eigenvalue weighted by Crippen LogP contribution is -2.30. The molecule has 1 aliphatic rings. The fourth-order valence-electron chi connectivity index (χ4n) is 3.53. The zero-order chi connectivity index (χ0) is 20.5. The summed E-state index contributed by atoms with van der Waals surface area (Å²) in [6, 6.07) is 1.75. The Morgan fingerprint density at radius 3 is 2.69 bits per heavy atom. The van der Waals surface area contributed by atoms with Crippen molar-refractivity contribution in [1.29, 1.82) is 0 Å². The summed E-state index contributed by atoms with van der Waals surface area (Å²) in [6.07, 6.45) is 4.76. The van der Waals surface area contributed by atoms with Crippen LogP contribution in [0.5, 0.6) is 0 Å². The van der Waals surface area contributed by atoms with Crippen LogP contribution in [0.25, 0.3) is 11.2 Å². The second-order valence-corrected chi connectivity index (χ2v) is 7.05. The molecule has 0 radical (unpaired) electrons. The fourth-order valence-corrected chi connectivity index (χ4v) is 3.53. The number of nitrogens with one attached hydrogen (secondary N) is 2. The first-order valence-electron chi connectivity index (χ1n) is 9.47. The van der Waals surface area contributed by atoms with E-state index in [1.54, 1.807) is 41.7 Å². The number of pyridine rings is 1. The van der Waals surface area contributed by atoms with Crippen molar-refractivity contribution in [3.8, 4) is 0 Å². The van der Waals surface area contributed by atoms with Crippen molar-refractivity contribution < 1.29 is 9.53 Å². The predicted molar refractivity (Wildman–Crippen MR) is 108 cm³/mol. The molecule has 0 atom stereocenters. The SMILES string of the molecule is CNC(=O)c1cc(C)c(Nc2ncc3c(n2)n(C2CCOCC2)c(=O)n3C)cn1. The van der Waals surface area contributed by atoms with E-state index in [2.05, 4.69) is 25.6 Å². The van der Waals surface area contributed by atoms with Gasteiger partial charge in [0.15, 0.2) is 5.65 Å². The highest BCUT2D eigenvalue weighted by molar-refractivity contribution is 5.92. The molecule has 1 fully saturated rings. The maximum atomic E-state index is 12.8. The third-order valence-corrected chi connectivity index (χ3v) is 5.21. The van der Waals surface area contributed by atoms with Crippen molar-refractivity contribution in [3.05, 3.63) is 40.2 Å². The number of carbonyl (C=O) groups is 1. The van der Waals surface area contributed by atoms with E-state index < -0.39 is 0 Å². The summed E-state index contributed by atoms with van der Waals surface area (Å²) in [5.41, 5.74) is 3.02. The molecular weight excluding hydrogens is 374 g/mol. The summed E-state index contributed by atoms with van der Waals surface area (Å²) in [5.74, 6) is 0.114. The van der Waals surface area contributed by atoms with Crippen molar-refractivity contribution in [2.45, 2.75) is 25.8 Å². The molecule has 4 rings (SSSR count). The number of nitrogens with zero attached hydrogens (tertiary/aromatic N) is 5. The van der Waals surface area contributed by atoms with Gasteiger partial charge in [-0.25, -0.2) is 14.8 Å². The standard InChI is InChI=1S/C19H23N7O3/c1-11-8-13(17(27)20-2)21-9-14(11)23-18-22-10-15-16(24-18)26(19(28)25(15)3)12-4-6-29-7-5-12/h8-10,12H,4-7H2,1-3H3,(H,20,27)(H,22,23,24). The molecule has 0 aliphatic carbocycles. The van der Waals surface area contributed by atoms with Crippen LogP contribution in [-0.2, 0) is 11.8 Å². The quantitative estimate of drug-likeness (QED) is 0.681. The molecule has 29 heavy (non-hydrogen) atoms. The van der Waals surface area contributed by atoms with E-state index in [0.29, 0.717) is 41.7 Å². The number of imidazole rings is 1. The van der Waals surface area contributed by atoms with Crippen LogP contribution >= 0.6 is 0 Å². The van der Waals surface area contributed by atoms with E-state index in [1.807, 2.05) is 6.92 Å². The van der Waals surface area contributed by atoms with E-state index in [0.717, 1.165) is 18.4 Å². The van der Waals surface area contributed by atoms with Gasteiger partial charge in [0.25, 0.3) is 5.91 Å². The second-order valence-electron chi connectivity index (χ2n) is 7.05. The largest absolute Gasteiger partial charge is 0.381 e. The Balaban J connectivity index is 1.70. The van der Waals surface area contributed by atoms with E-state index >= 15 is 0 Å². The third kappa shape index (κ3) is 3.46. The highest BCUT2D eigenvalue weighted by Crippen LogP contribution is 2.25. The topological polar surface area (TPSA) is 116 Å². The molecule has 1 amide bonds. The van der Waals surface area contributed by atoms with Crippen molar-refractivity contribution in [2.24, 2.45) is 7.05 Å². The summed E-state index contributed by atoms with van der Waals surface area (Å²) >= 11 is 0. The lowest BCUT2D eigenvalue weighted by molar-refractivity contribution is 0.0695. The normalized spacial score (nSPS) is 14.9. The molecule has 0 unspecified atom stereocenters. The Morgan fingerprint density at radius 1 is 1.24 bits per heavy atom. The van der Waals surface area contributed by atoms with E-state index in [1.165, 1.54) is 0 Å². The summed E-state index contributed by atoms with van der Waals surface area (Å²) in [4.78, 5) is 37.7. The van der Waals surface area contributed by atoms with Crippen molar-refractivity contribution in [2.75, 3.05) is 25.6 Å². The number of amides is 1. The van der Waals surface area contributed by atoms with Crippen LogP contribution in [0.2, 0.25) is 0 Å². The minimum atomic E-state index is -0.248. The minimum Gasteiger partial charge on any atom is -0.381 e. The molecule has 0 saturated carbocycles. The first kappa shape index (κ1) is 19.1. The van der Waals surface area contributed by atoms with Crippen molar-refractivity contribution in [1.82, 2.24) is 29.4 Å². The first-order chi connectivity index (χ1) is 14.0. The van der Waals surface area contributed by atoms with Gasteiger partial charge in [0.1, 0.15) is 11.2 Å². The van der Waals surface area contributed by atoms with Crippen molar-refractivity contribution >= 4 is 28.7 Å². The van der Waals surface area contributed by atoms with E-state index in [-0.39, 0.29) is 17.6 Å². The van der Waals surface area contributed by atoms with E-state index in [4.69, 9.17) is 4.74 Å². The lowest BCUT2D eigenvalue weighted by Gasteiger charge is -2.22. The van der Waals surface area contributed by atoms with Crippen LogP contribution in [0.1, 0.15) is 34.9 Å². The molecule has 10 nitrogen and oxygen atoms in total. The van der Waals surface area contributed by atoms with Crippen LogP contribution in [0, 0.1) is 6.92 Å². The van der Waals surface area contributed by atoms with Crippen LogP contribution in [0.4, 0.5) is 11.6 Å². The highest BCUT2D eigenvalue weighted by atomic mass is 16.5. The molecular formula is C19H23N7O3. The van der Waals surface area contributed by atoms with Gasteiger partial charge in [-0.05, 0) is 31.4 Å². The van der Waals surface area contributed by atoms with Gasteiger partial charge < -0.3 is 15.4 Å². The number of hydrogen-bond acceptors (Lipinski definition) is 7. The van der Waals surface area contributed by atoms with Gasteiger partial charge >= 0.3 is 5.69 Å². The molecule has 4 heterocycles. The van der Waals surface area contributed by atoms with Crippen LogP contribution < -0.4 is 16.3 Å². The minimum absolute atomic E-state index is 0.0537. The number of rotatable bonds is 4. The molecule has 1 saturated heterocycles. The van der Waals surface area contributed by atoms with Gasteiger partial charge in [-0.3, -0.25) is 13.9 Å². The van der Waals surface area contributed by atoms with Gasteiger partial charge in [-0.15, -0.1) is 0 Å². The summed E-state index contributed by atoms with van der Waals surface area (Å²) in [5, 5.41) is 5.69. The Kier molecular flexibility index (Phi) is 5.01. The number of aryl methyl sites for hydroxylation is 2. The Labute approximate surface area is 166 Å². The number of anilines is 2. The third-order valence-electron chi connectivity index (χ3n) is 5.21. The lowest BCUT2D eigenvalue weighted by atomic mass is 10.1. The molecule has 0 spiro atoms. The van der Waals surface area contributed by atoms with Crippen LogP contribution in [0.3, 0.4) is 0 Å². The van der Waals surface area contributed by atoms with Gasteiger partial charge in [0.2, 0.25) is 5.95 Å². The fraction of sp³-hybridized carbons (Fsp3) is 0.421. The molecule has 152 valence electrons. The van der Waals surface area contributed by atoms with Gasteiger partial charge in [0.05, 0.1) is 18.1 Å². The summed E-state index contributed by atoms with van der Waals surface area (Å²) in [7, 11) is 3.29. The van der Waals surface area contributed by atoms with Gasteiger partial charge in [-0.2, -0.15) is 4.98 Å². The van der Waals surface area contributed by atoms with Crippen LogP contribution in [-0.4, -0.2) is 50.3 Å². The number of fused-ring (bicyclic) bond motifs is 1. The summed E-state index contributed by atoms with van der Waals surface area (Å²) < 4.78 is 8.74. The Hall–Kier alpha value is -3.27. The first-order valence-corrected chi connectivity index (χ1v) is 9.47. The Bertz CT molecular complexity index is 1130. The maximum absolute atomic E-state index is 12.8. The average molecular weight is 397 g/mol. The molecule has 10 heteroatoms. The van der Waals surface area contributed by atoms with Crippen molar-refractivity contribution in [3.63, 3.8) is 0 Å². The van der Waals surface area contributed by atoms with Gasteiger partial charge in [0, 0.05) is 33.4 Å². The summed E-state index contributed by atoms with van der Waals surface area (Å²) in [6.45, 7) is 3.13. The molecule has 3 aromatic heterocycles. The molecule has 1 aliphatic heterocycles. The molecule has 0 bridgehead atoms. The van der Waals surface area contributed by atoms with E-state index in [9.17, 15) is 9.59 Å². The number of hydrogen-bond donors (Lipinski definition) is 2. The average Bonchev–Trinajstić information content (AvgIpc) is 2.99.